The Bertz CT molecular complexity index is 779. The molecule has 0 bridgehead atoms. The zero-order valence-corrected chi connectivity index (χ0v) is 12.5. The summed E-state index contributed by atoms with van der Waals surface area (Å²) in [5.74, 6) is 0.659. The van der Waals surface area contributed by atoms with Crippen LogP contribution in [0.5, 0.6) is 0 Å². The third-order valence-electron chi connectivity index (χ3n) is 2.90. The van der Waals surface area contributed by atoms with Crippen LogP contribution in [-0.4, -0.2) is 24.8 Å². The van der Waals surface area contributed by atoms with Crippen molar-refractivity contribution in [2.75, 3.05) is 7.05 Å². The van der Waals surface area contributed by atoms with Gasteiger partial charge < -0.3 is 9.40 Å². The van der Waals surface area contributed by atoms with Gasteiger partial charge in [-0.05, 0) is 19.1 Å². The van der Waals surface area contributed by atoms with E-state index in [1.165, 1.54) is 13.3 Å². The summed E-state index contributed by atoms with van der Waals surface area (Å²) in [7, 11) is -2.29. The van der Waals surface area contributed by atoms with Gasteiger partial charge in [0.05, 0.1) is 11.2 Å². The number of halogens is 1. The molecule has 0 aliphatic rings. The van der Waals surface area contributed by atoms with Crippen molar-refractivity contribution in [1.82, 2.24) is 9.29 Å². The molecule has 20 heavy (non-hydrogen) atoms. The SMILES string of the molecule is Cc1occc1CN(C)S(=O)(=O)c1c[nH]c(=O)c(Cl)c1. The van der Waals surface area contributed by atoms with Gasteiger partial charge in [-0.1, -0.05) is 11.6 Å². The Morgan fingerprint density at radius 3 is 2.70 bits per heavy atom. The Morgan fingerprint density at radius 1 is 1.45 bits per heavy atom. The van der Waals surface area contributed by atoms with E-state index in [1.807, 2.05) is 0 Å². The lowest BCUT2D eigenvalue weighted by atomic mass is 10.3. The molecule has 0 saturated carbocycles. The molecular weight excluding hydrogens is 304 g/mol. The smallest absolute Gasteiger partial charge is 0.266 e. The Morgan fingerprint density at radius 2 is 2.15 bits per heavy atom. The highest BCUT2D eigenvalue weighted by Gasteiger charge is 2.23. The number of aryl methyl sites for hydroxylation is 1. The van der Waals surface area contributed by atoms with Crippen LogP contribution in [-0.2, 0) is 16.6 Å². The first-order chi connectivity index (χ1) is 9.32. The monoisotopic (exact) mass is 316 g/mol. The molecule has 0 amide bonds. The molecule has 6 nitrogen and oxygen atoms in total. The second kappa shape index (κ2) is 5.43. The molecule has 0 fully saturated rings. The van der Waals surface area contributed by atoms with Gasteiger partial charge in [0.25, 0.3) is 5.56 Å². The number of nitrogens with one attached hydrogen (secondary N) is 1. The highest BCUT2D eigenvalue weighted by atomic mass is 35.5. The Balaban J connectivity index is 2.32. The maximum atomic E-state index is 12.3. The predicted octanol–water partition coefficient (Wildman–Crippen LogP) is 1.75. The van der Waals surface area contributed by atoms with Crippen molar-refractivity contribution in [3.8, 4) is 0 Å². The normalized spacial score (nSPS) is 12.0. The van der Waals surface area contributed by atoms with Gasteiger partial charge in [0.15, 0.2) is 0 Å². The van der Waals surface area contributed by atoms with E-state index in [0.717, 1.165) is 22.1 Å². The second-order valence-electron chi connectivity index (χ2n) is 4.28. The Hall–Kier alpha value is -1.57. The molecule has 108 valence electrons. The zero-order valence-electron chi connectivity index (χ0n) is 10.9. The number of nitrogens with zero attached hydrogens (tertiary/aromatic N) is 1. The molecule has 2 aromatic rings. The van der Waals surface area contributed by atoms with Gasteiger partial charge in [-0.15, -0.1) is 0 Å². The van der Waals surface area contributed by atoms with Crippen molar-refractivity contribution in [2.45, 2.75) is 18.4 Å². The fourth-order valence-corrected chi connectivity index (χ4v) is 3.05. The number of H-pyrrole nitrogens is 1. The van der Waals surface area contributed by atoms with Crippen LogP contribution in [0, 0.1) is 6.92 Å². The number of hydrogen-bond donors (Lipinski definition) is 1. The maximum Gasteiger partial charge on any atom is 0.266 e. The third kappa shape index (κ3) is 2.79. The molecule has 8 heteroatoms. The summed E-state index contributed by atoms with van der Waals surface area (Å²) in [5, 5.41) is -0.168. The van der Waals surface area contributed by atoms with E-state index < -0.39 is 15.6 Å². The summed E-state index contributed by atoms with van der Waals surface area (Å²) in [5.41, 5.74) is 0.241. The number of rotatable bonds is 4. The van der Waals surface area contributed by atoms with E-state index in [4.69, 9.17) is 16.0 Å². The number of aromatic amines is 1. The molecule has 0 spiro atoms. The largest absolute Gasteiger partial charge is 0.469 e. The highest BCUT2D eigenvalue weighted by molar-refractivity contribution is 7.89. The van der Waals surface area contributed by atoms with Gasteiger partial charge in [-0.3, -0.25) is 4.79 Å². The van der Waals surface area contributed by atoms with E-state index in [9.17, 15) is 13.2 Å². The molecule has 2 aromatic heterocycles. The van der Waals surface area contributed by atoms with Crippen LogP contribution >= 0.6 is 11.6 Å². The van der Waals surface area contributed by atoms with E-state index in [-0.39, 0.29) is 16.5 Å². The summed E-state index contributed by atoms with van der Waals surface area (Å²) >= 11 is 5.65. The van der Waals surface area contributed by atoms with Gasteiger partial charge in [0, 0.05) is 25.4 Å². The van der Waals surface area contributed by atoms with Crippen molar-refractivity contribution >= 4 is 21.6 Å². The van der Waals surface area contributed by atoms with Crippen molar-refractivity contribution in [2.24, 2.45) is 0 Å². The van der Waals surface area contributed by atoms with E-state index in [0.29, 0.717) is 5.76 Å². The minimum Gasteiger partial charge on any atom is -0.469 e. The number of hydrogen-bond acceptors (Lipinski definition) is 4. The van der Waals surface area contributed by atoms with Gasteiger partial charge in [0.2, 0.25) is 10.0 Å². The summed E-state index contributed by atoms with van der Waals surface area (Å²) in [6.07, 6.45) is 2.63. The molecule has 0 radical (unpaired) electrons. The molecule has 0 atom stereocenters. The average Bonchev–Trinajstić information content (AvgIpc) is 2.78. The molecule has 1 N–H and O–H groups in total. The minimum atomic E-state index is -3.73. The van der Waals surface area contributed by atoms with Crippen LogP contribution in [0.25, 0.3) is 0 Å². The third-order valence-corrected chi connectivity index (χ3v) is 4.96. The lowest BCUT2D eigenvalue weighted by Crippen LogP contribution is -2.27. The molecule has 2 heterocycles. The molecule has 0 aliphatic carbocycles. The van der Waals surface area contributed by atoms with Crippen LogP contribution in [0.15, 0.2) is 38.7 Å². The number of sulfonamides is 1. The topological polar surface area (TPSA) is 83.4 Å². The average molecular weight is 317 g/mol. The van der Waals surface area contributed by atoms with Crippen molar-refractivity contribution in [1.29, 1.82) is 0 Å². The van der Waals surface area contributed by atoms with E-state index in [2.05, 4.69) is 4.98 Å². The standard InChI is InChI=1S/C12H13ClN2O4S/c1-8-9(3-4-19-8)7-15(2)20(17,18)10-5-11(13)12(16)14-6-10/h3-6H,7H2,1-2H3,(H,14,16). The molecule has 0 aliphatic heterocycles. The fourth-order valence-electron chi connectivity index (χ4n) is 1.67. The summed E-state index contributed by atoms with van der Waals surface area (Å²) in [6.45, 7) is 1.92. The molecule has 0 saturated heterocycles. The highest BCUT2D eigenvalue weighted by Crippen LogP contribution is 2.19. The summed E-state index contributed by atoms with van der Waals surface area (Å²) in [4.78, 5) is 13.4. The Labute approximate surface area is 121 Å². The first-order valence-electron chi connectivity index (χ1n) is 5.70. The molecule has 0 unspecified atom stereocenters. The number of pyridine rings is 1. The molecular formula is C12H13ClN2O4S. The van der Waals surface area contributed by atoms with Gasteiger partial charge in [0.1, 0.15) is 10.8 Å². The van der Waals surface area contributed by atoms with Gasteiger partial charge >= 0.3 is 0 Å². The van der Waals surface area contributed by atoms with Crippen LogP contribution < -0.4 is 5.56 Å². The Kier molecular flexibility index (Phi) is 4.03. The quantitative estimate of drug-likeness (QED) is 0.931. The van der Waals surface area contributed by atoms with Gasteiger partial charge in [-0.2, -0.15) is 4.31 Å². The van der Waals surface area contributed by atoms with Crippen LogP contribution in [0.3, 0.4) is 0 Å². The van der Waals surface area contributed by atoms with Crippen LogP contribution in [0.4, 0.5) is 0 Å². The zero-order chi connectivity index (χ0) is 14.9. The summed E-state index contributed by atoms with van der Waals surface area (Å²) in [6, 6.07) is 2.84. The fraction of sp³-hybridized carbons (Fsp3) is 0.250. The minimum absolute atomic E-state index is 0.0641. The predicted molar refractivity (Wildman–Crippen MR) is 74.2 cm³/mol. The lowest BCUT2D eigenvalue weighted by molar-refractivity contribution is 0.458. The lowest BCUT2D eigenvalue weighted by Gasteiger charge is -2.16. The van der Waals surface area contributed by atoms with Crippen molar-refractivity contribution in [3.05, 3.63) is 51.3 Å². The van der Waals surface area contributed by atoms with Crippen LogP contribution in [0.2, 0.25) is 5.02 Å². The first-order valence-corrected chi connectivity index (χ1v) is 7.51. The maximum absolute atomic E-state index is 12.3. The number of aromatic nitrogens is 1. The van der Waals surface area contributed by atoms with Crippen molar-refractivity contribution in [3.63, 3.8) is 0 Å². The molecule has 0 aromatic carbocycles. The van der Waals surface area contributed by atoms with Crippen molar-refractivity contribution < 1.29 is 12.8 Å². The van der Waals surface area contributed by atoms with Crippen LogP contribution in [0.1, 0.15) is 11.3 Å². The van der Waals surface area contributed by atoms with E-state index >= 15 is 0 Å². The van der Waals surface area contributed by atoms with Gasteiger partial charge in [-0.25, -0.2) is 8.42 Å². The van der Waals surface area contributed by atoms with E-state index in [1.54, 1.807) is 13.0 Å². The second-order valence-corrected chi connectivity index (χ2v) is 6.73. The molecule has 2 rings (SSSR count). The summed E-state index contributed by atoms with van der Waals surface area (Å²) < 4.78 is 31.0. The number of furan rings is 1. The first kappa shape index (κ1) is 14.8.